The van der Waals surface area contributed by atoms with Crippen LogP contribution in [0.15, 0.2) is 18.2 Å². The average Bonchev–Trinajstić information content (AvgIpc) is 2.36. The number of hydrogen-bond donors (Lipinski definition) is 3. The lowest BCUT2D eigenvalue weighted by atomic mass is 10.1. The highest BCUT2D eigenvalue weighted by atomic mass is 16.4. The van der Waals surface area contributed by atoms with E-state index in [-0.39, 0.29) is 11.5 Å². The summed E-state index contributed by atoms with van der Waals surface area (Å²) in [5.74, 6) is -1.27. The van der Waals surface area contributed by atoms with Gasteiger partial charge >= 0.3 is 5.97 Å². The molecule has 4 N–H and O–H groups in total. The fraction of sp³-hybridized carbons (Fsp3) is 0.429. The van der Waals surface area contributed by atoms with Crippen LogP contribution >= 0.6 is 0 Å². The zero-order valence-electron chi connectivity index (χ0n) is 11.1. The van der Waals surface area contributed by atoms with E-state index in [1.165, 1.54) is 12.1 Å². The third-order valence-electron chi connectivity index (χ3n) is 2.81. The van der Waals surface area contributed by atoms with Crippen molar-refractivity contribution < 1.29 is 14.7 Å². The Labute approximate surface area is 112 Å². The third kappa shape index (κ3) is 4.99. The van der Waals surface area contributed by atoms with Crippen molar-refractivity contribution in [3.8, 4) is 0 Å². The molecule has 1 rings (SSSR count). The van der Waals surface area contributed by atoms with E-state index < -0.39 is 5.97 Å². The Hall–Kier alpha value is -2.04. The minimum atomic E-state index is -1.10. The minimum Gasteiger partial charge on any atom is -0.478 e. The summed E-state index contributed by atoms with van der Waals surface area (Å²) in [5, 5.41) is 11.7. The number of carboxylic acids is 1. The molecule has 0 saturated carbocycles. The van der Waals surface area contributed by atoms with Gasteiger partial charge in [-0.1, -0.05) is 26.2 Å². The number of carboxylic acid groups (broad SMARTS) is 1. The summed E-state index contributed by atoms with van der Waals surface area (Å²) >= 11 is 0. The monoisotopic (exact) mass is 264 g/mol. The number of nitrogen functional groups attached to an aromatic ring is 1. The quantitative estimate of drug-likeness (QED) is 0.521. The molecule has 1 aromatic carbocycles. The molecule has 5 nitrogen and oxygen atoms in total. The van der Waals surface area contributed by atoms with Crippen molar-refractivity contribution >= 4 is 23.3 Å². The van der Waals surface area contributed by atoms with E-state index in [2.05, 4.69) is 12.2 Å². The molecule has 0 aliphatic rings. The smallest absolute Gasteiger partial charge is 0.337 e. The zero-order chi connectivity index (χ0) is 14.3. The van der Waals surface area contributed by atoms with Crippen molar-refractivity contribution in [1.82, 2.24) is 0 Å². The molecule has 0 spiro atoms. The van der Waals surface area contributed by atoms with Gasteiger partial charge in [0.25, 0.3) is 0 Å². The van der Waals surface area contributed by atoms with E-state index in [1.807, 2.05) is 0 Å². The lowest BCUT2D eigenvalue weighted by Crippen LogP contribution is -2.14. The predicted octanol–water partition coefficient (Wildman–Crippen LogP) is 2.88. The molecule has 19 heavy (non-hydrogen) atoms. The van der Waals surface area contributed by atoms with Gasteiger partial charge in [-0.05, 0) is 24.6 Å². The maximum Gasteiger partial charge on any atom is 0.337 e. The second-order valence-electron chi connectivity index (χ2n) is 4.47. The molecule has 104 valence electrons. The largest absolute Gasteiger partial charge is 0.478 e. The van der Waals surface area contributed by atoms with E-state index in [1.54, 1.807) is 6.07 Å². The van der Waals surface area contributed by atoms with Crippen molar-refractivity contribution in [2.24, 2.45) is 0 Å². The number of anilines is 2. The van der Waals surface area contributed by atoms with Crippen LogP contribution in [0.2, 0.25) is 0 Å². The van der Waals surface area contributed by atoms with E-state index in [9.17, 15) is 9.59 Å². The van der Waals surface area contributed by atoms with Gasteiger partial charge in [-0.25, -0.2) is 4.79 Å². The topological polar surface area (TPSA) is 92.4 Å². The number of carbonyl (C=O) groups is 2. The number of hydrogen-bond acceptors (Lipinski definition) is 3. The number of amides is 1. The van der Waals surface area contributed by atoms with Crippen LogP contribution in [0.3, 0.4) is 0 Å². The predicted molar refractivity (Wildman–Crippen MR) is 75.2 cm³/mol. The number of benzene rings is 1. The first-order chi connectivity index (χ1) is 9.04. The molecule has 0 heterocycles. The third-order valence-corrected chi connectivity index (χ3v) is 2.81. The second-order valence-corrected chi connectivity index (χ2v) is 4.47. The maximum atomic E-state index is 11.7. The number of rotatable bonds is 7. The van der Waals surface area contributed by atoms with Gasteiger partial charge in [0, 0.05) is 12.1 Å². The molecule has 0 aliphatic heterocycles. The summed E-state index contributed by atoms with van der Waals surface area (Å²) in [5.41, 5.74) is 6.20. The van der Waals surface area contributed by atoms with Crippen LogP contribution in [0.1, 0.15) is 49.4 Å². The van der Waals surface area contributed by atoms with Crippen LogP contribution in [0.25, 0.3) is 0 Å². The number of aromatic carboxylic acids is 1. The van der Waals surface area contributed by atoms with Gasteiger partial charge in [-0.2, -0.15) is 0 Å². The SMILES string of the molecule is CCCCCCC(=O)Nc1ccc(N)cc1C(=O)O. The highest BCUT2D eigenvalue weighted by Crippen LogP contribution is 2.19. The molecule has 0 atom stereocenters. The lowest BCUT2D eigenvalue weighted by molar-refractivity contribution is -0.116. The highest BCUT2D eigenvalue weighted by Gasteiger charge is 2.12. The zero-order valence-corrected chi connectivity index (χ0v) is 11.1. The van der Waals surface area contributed by atoms with Gasteiger partial charge < -0.3 is 16.2 Å². The van der Waals surface area contributed by atoms with Gasteiger partial charge in [-0.15, -0.1) is 0 Å². The van der Waals surface area contributed by atoms with E-state index in [0.29, 0.717) is 17.8 Å². The molecular formula is C14H20N2O3. The van der Waals surface area contributed by atoms with Gasteiger partial charge in [-0.3, -0.25) is 4.79 Å². The van der Waals surface area contributed by atoms with Crippen LogP contribution in [-0.2, 0) is 4.79 Å². The van der Waals surface area contributed by atoms with Crippen LogP contribution in [0.5, 0.6) is 0 Å². The molecule has 0 unspecified atom stereocenters. The molecule has 0 radical (unpaired) electrons. The van der Waals surface area contributed by atoms with Gasteiger partial charge in [0.15, 0.2) is 0 Å². The van der Waals surface area contributed by atoms with E-state index in [0.717, 1.165) is 25.7 Å². The number of unbranched alkanes of at least 4 members (excludes halogenated alkanes) is 3. The molecule has 5 heteroatoms. The standard InChI is InChI=1S/C14H20N2O3/c1-2-3-4-5-6-13(17)16-12-8-7-10(15)9-11(12)14(18)19/h7-9H,2-6,15H2,1H3,(H,16,17)(H,18,19). The van der Waals surface area contributed by atoms with Crippen LogP contribution < -0.4 is 11.1 Å². The highest BCUT2D eigenvalue weighted by molar-refractivity contribution is 6.01. The van der Waals surface area contributed by atoms with Gasteiger partial charge in [0.1, 0.15) is 0 Å². The number of nitrogens with two attached hydrogens (primary N) is 1. The number of carbonyl (C=O) groups excluding carboxylic acids is 1. The van der Waals surface area contributed by atoms with Crippen molar-refractivity contribution in [1.29, 1.82) is 0 Å². The molecule has 0 fully saturated rings. The molecule has 1 amide bonds. The summed E-state index contributed by atoms with van der Waals surface area (Å²) in [6.45, 7) is 2.10. The maximum absolute atomic E-state index is 11.7. The van der Waals surface area contributed by atoms with Crippen LogP contribution in [0.4, 0.5) is 11.4 Å². The van der Waals surface area contributed by atoms with Crippen molar-refractivity contribution in [2.75, 3.05) is 11.1 Å². The van der Waals surface area contributed by atoms with E-state index in [4.69, 9.17) is 10.8 Å². The summed E-state index contributed by atoms with van der Waals surface area (Å²) in [7, 11) is 0. The normalized spacial score (nSPS) is 10.2. The minimum absolute atomic E-state index is 0.0157. The molecule has 0 bridgehead atoms. The Morgan fingerprint density at radius 1 is 1.26 bits per heavy atom. The van der Waals surface area contributed by atoms with Crippen LogP contribution in [-0.4, -0.2) is 17.0 Å². The average molecular weight is 264 g/mol. The first kappa shape index (κ1) is 15.0. The summed E-state index contributed by atoms with van der Waals surface area (Å²) < 4.78 is 0. The fourth-order valence-electron chi connectivity index (χ4n) is 1.77. The Morgan fingerprint density at radius 2 is 2.00 bits per heavy atom. The first-order valence-corrected chi connectivity index (χ1v) is 6.47. The van der Waals surface area contributed by atoms with E-state index >= 15 is 0 Å². The summed E-state index contributed by atoms with van der Waals surface area (Å²) in [6, 6.07) is 4.43. The Balaban J connectivity index is 2.61. The fourth-order valence-corrected chi connectivity index (χ4v) is 1.77. The summed E-state index contributed by atoms with van der Waals surface area (Å²) in [4.78, 5) is 22.7. The first-order valence-electron chi connectivity index (χ1n) is 6.47. The second kappa shape index (κ2) is 7.41. The Kier molecular flexibility index (Phi) is 5.85. The Morgan fingerprint density at radius 3 is 2.63 bits per heavy atom. The molecular weight excluding hydrogens is 244 g/mol. The summed E-state index contributed by atoms with van der Waals surface area (Å²) in [6.07, 6.45) is 4.45. The molecule has 1 aromatic rings. The lowest BCUT2D eigenvalue weighted by Gasteiger charge is -2.09. The van der Waals surface area contributed by atoms with Gasteiger partial charge in [0.05, 0.1) is 11.3 Å². The molecule has 0 aromatic heterocycles. The van der Waals surface area contributed by atoms with Crippen LogP contribution in [0, 0.1) is 0 Å². The molecule has 0 aliphatic carbocycles. The number of nitrogens with one attached hydrogen (secondary N) is 1. The Bertz CT molecular complexity index is 458. The van der Waals surface area contributed by atoms with Crippen molar-refractivity contribution in [2.45, 2.75) is 39.0 Å². The van der Waals surface area contributed by atoms with Gasteiger partial charge in [0.2, 0.25) is 5.91 Å². The van der Waals surface area contributed by atoms with Crippen molar-refractivity contribution in [3.05, 3.63) is 23.8 Å². The molecule has 0 saturated heterocycles. The van der Waals surface area contributed by atoms with Crippen molar-refractivity contribution in [3.63, 3.8) is 0 Å².